The summed E-state index contributed by atoms with van der Waals surface area (Å²) < 4.78 is 6.19. The fourth-order valence-corrected chi connectivity index (χ4v) is 2.15. The lowest BCUT2D eigenvalue weighted by Crippen LogP contribution is -2.40. The highest BCUT2D eigenvalue weighted by Gasteiger charge is 2.18. The van der Waals surface area contributed by atoms with Crippen molar-refractivity contribution in [3.8, 4) is 5.75 Å². The van der Waals surface area contributed by atoms with Crippen LogP contribution >= 0.6 is 15.9 Å². The fourth-order valence-electron chi connectivity index (χ4n) is 1.79. The normalized spacial score (nSPS) is 10.3. The summed E-state index contributed by atoms with van der Waals surface area (Å²) in [5.41, 5.74) is 11.0. The number of rotatable bonds is 5. The molecule has 0 aliphatic heterocycles. The maximum Gasteiger partial charge on any atom is 0.340 e. The molecular formula is C13H14BrN5O3. The topological polar surface area (TPSA) is 116 Å². The number of urea groups is 1. The van der Waals surface area contributed by atoms with E-state index in [0.29, 0.717) is 18.0 Å². The maximum absolute atomic E-state index is 11.8. The van der Waals surface area contributed by atoms with Crippen LogP contribution in [-0.4, -0.2) is 28.4 Å². The van der Waals surface area contributed by atoms with Crippen LogP contribution in [0.15, 0.2) is 34.9 Å². The zero-order chi connectivity index (χ0) is 16.3. The standard InChI is InChI=1S/C13H14BrN5O3/c1-2-22-11-7-8(3-4-9(11)14)19(13(16)21)18-6-5-10(17-18)12(15)20/h3-7H,2H2,1H3,(H2,15,20)(H2,16,21). The van der Waals surface area contributed by atoms with Gasteiger partial charge in [0.05, 0.1) is 23.0 Å². The average Bonchev–Trinajstić information content (AvgIpc) is 2.92. The molecule has 1 aromatic heterocycles. The van der Waals surface area contributed by atoms with E-state index in [-0.39, 0.29) is 5.69 Å². The van der Waals surface area contributed by atoms with E-state index < -0.39 is 11.9 Å². The molecule has 116 valence electrons. The molecule has 0 atom stereocenters. The van der Waals surface area contributed by atoms with Crippen LogP contribution in [0, 0.1) is 0 Å². The van der Waals surface area contributed by atoms with Gasteiger partial charge in [-0.2, -0.15) is 9.80 Å². The van der Waals surface area contributed by atoms with E-state index >= 15 is 0 Å². The highest BCUT2D eigenvalue weighted by molar-refractivity contribution is 9.10. The van der Waals surface area contributed by atoms with Crippen molar-refractivity contribution in [1.82, 2.24) is 9.89 Å². The molecule has 4 N–H and O–H groups in total. The van der Waals surface area contributed by atoms with Crippen LogP contribution in [-0.2, 0) is 0 Å². The van der Waals surface area contributed by atoms with Gasteiger partial charge in [-0.05, 0) is 41.1 Å². The molecule has 0 unspecified atom stereocenters. The lowest BCUT2D eigenvalue weighted by Gasteiger charge is -2.21. The SMILES string of the molecule is CCOc1cc(N(C(N)=O)n2ccc(C(N)=O)n2)ccc1Br. The lowest BCUT2D eigenvalue weighted by atomic mass is 10.3. The van der Waals surface area contributed by atoms with Crippen LogP contribution in [0.2, 0.25) is 0 Å². The first-order chi connectivity index (χ1) is 10.4. The number of hydrogen-bond donors (Lipinski definition) is 2. The summed E-state index contributed by atoms with van der Waals surface area (Å²) in [5.74, 6) is -0.150. The van der Waals surface area contributed by atoms with Gasteiger partial charge in [0, 0.05) is 6.07 Å². The van der Waals surface area contributed by atoms with Crippen LogP contribution < -0.4 is 21.2 Å². The van der Waals surface area contributed by atoms with E-state index in [2.05, 4.69) is 21.0 Å². The van der Waals surface area contributed by atoms with Gasteiger partial charge in [-0.3, -0.25) is 4.79 Å². The third-order valence-electron chi connectivity index (χ3n) is 2.70. The second kappa shape index (κ2) is 6.48. The largest absolute Gasteiger partial charge is 0.493 e. The molecular weight excluding hydrogens is 354 g/mol. The summed E-state index contributed by atoms with van der Waals surface area (Å²) in [4.78, 5) is 24.0. The summed E-state index contributed by atoms with van der Waals surface area (Å²) in [6.45, 7) is 2.31. The molecule has 0 saturated heterocycles. The molecule has 2 aromatic rings. The number of aromatic nitrogens is 2. The van der Waals surface area contributed by atoms with E-state index in [9.17, 15) is 9.59 Å². The summed E-state index contributed by atoms with van der Waals surface area (Å²) >= 11 is 3.35. The van der Waals surface area contributed by atoms with Gasteiger partial charge < -0.3 is 16.2 Å². The average molecular weight is 368 g/mol. The van der Waals surface area contributed by atoms with Gasteiger partial charge in [-0.15, -0.1) is 5.10 Å². The van der Waals surface area contributed by atoms with Crippen molar-refractivity contribution in [2.75, 3.05) is 11.6 Å². The number of primary amides is 2. The van der Waals surface area contributed by atoms with Crippen LogP contribution in [0.25, 0.3) is 0 Å². The number of nitrogens with two attached hydrogens (primary N) is 2. The zero-order valence-corrected chi connectivity index (χ0v) is 13.3. The quantitative estimate of drug-likeness (QED) is 0.832. The van der Waals surface area contributed by atoms with Crippen molar-refractivity contribution >= 4 is 33.6 Å². The van der Waals surface area contributed by atoms with Gasteiger partial charge in [0.2, 0.25) is 0 Å². The van der Waals surface area contributed by atoms with Crippen LogP contribution in [0.3, 0.4) is 0 Å². The molecule has 0 saturated carbocycles. The van der Waals surface area contributed by atoms with Crippen LogP contribution in [0.4, 0.5) is 10.5 Å². The van der Waals surface area contributed by atoms with E-state index in [1.54, 1.807) is 18.2 Å². The van der Waals surface area contributed by atoms with Crippen molar-refractivity contribution in [3.05, 3.63) is 40.6 Å². The minimum absolute atomic E-state index is 0.0217. The highest BCUT2D eigenvalue weighted by Crippen LogP contribution is 2.30. The van der Waals surface area contributed by atoms with Crippen molar-refractivity contribution in [2.24, 2.45) is 11.5 Å². The first-order valence-corrected chi connectivity index (χ1v) is 7.11. The Kier molecular flexibility index (Phi) is 4.66. The Hall–Kier alpha value is -2.55. The number of amides is 3. The van der Waals surface area contributed by atoms with Crippen molar-refractivity contribution < 1.29 is 14.3 Å². The smallest absolute Gasteiger partial charge is 0.340 e. The molecule has 1 heterocycles. The molecule has 0 spiro atoms. The molecule has 3 amide bonds. The number of carbonyl (C=O) groups is 2. The summed E-state index contributed by atoms with van der Waals surface area (Å²) in [7, 11) is 0. The Morgan fingerprint density at radius 1 is 1.36 bits per heavy atom. The fraction of sp³-hybridized carbons (Fsp3) is 0.154. The Bertz CT molecular complexity index is 715. The van der Waals surface area contributed by atoms with Crippen LogP contribution in [0.5, 0.6) is 5.75 Å². The molecule has 2 rings (SSSR count). The number of halogens is 1. The number of carbonyl (C=O) groups excluding carboxylic acids is 2. The molecule has 0 aliphatic carbocycles. The monoisotopic (exact) mass is 367 g/mol. The van der Waals surface area contributed by atoms with Gasteiger partial charge in [-0.1, -0.05) is 0 Å². The van der Waals surface area contributed by atoms with Crippen molar-refractivity contribution in [2.45, 2.75) is 6.92 Å². The molecule has 8 nitrogen and oxygen atoms in total. The number of ether oxygens (including phenoxy) is 1. The van der Waals surface area contributed by atoms with Gasteiger partial charge >= 0.3 is 6.03 Å². The van der Waals surface area contributed by atoms with E-state index in [1.165, 1.54) is 12.3 Å². The van der Waals surface area contributed by atoms with Crippen LogP contribution in [0.1, 0.15) is 17.4 Å². The molecule has 9 heteroatoms. The van der Waals surface area contributed by atoms with Gasteiger partial charge in [0.15, 0.2) is 5.69 Å². The Balaban J connectivity index is 2.45. The second-order valence-corrected chi connectivity index (χ2v) is 5.04. The molecule has 0 bridgehead atoms. The Labute approximate surface area is 134 Å². The number of benzene rings is 1. The molecule has 0 fully saturated rings. The number of nitrogens with zero attached hydrogens (tertiary/aromatic N) is 3. The lowest BCUT2D eigenvalue weighted by molar-refractivity contribution is 0.0994. The summed E-state index contributed by atoms with van der Waals surface area (Å²) in [6.07, 6.45) is 1.41. The third-order valence-corrected chi connectivity index (χ3v) is 3.36. The first-order valence-electron chi connectivity index (χ1n) is 6.31. The highest BCUT2D eigenvalue weighted by atomic mass is 79.9. The predicted molar refractivity (Wildman–Crippen MR) is 83.5 cm³/mol. The van der Waals surface area contributed by atoms with Crippen molar-refractivity contribution in [3.63, 3.8) is 0 Å². The number of hydrogen-bond acceptors (Lipinski definition) is 4. The number of anilines is 1. The minimum Gasteiger partial charge on any atom is -0.493 e. The van der Waals surface area contributed by atoms with Gasteiger partial charge in [0.25, 0.3) is 5.91 Å². The molecule has 22 heavy (non-hydrogen) atoms. The Morgan fingerprint density at radius 2 is 2.09 bits per heavy atom. The molecule has 0 radical (unpaired) electrons. The maximum atomic E-state index is 11.8. The van der Waals surface area contributed by atoms with Crippen molar-refractivity contribution in [1.29, 1.82) is 0 Å². The predicted octanol–water partition coefficient (Wildman–Crippen LogP) is 1.49. The second-order valence-electron chi connectivity index (χ2n) is 4.18. The molecule has 0 aliphatic rings. The summed E-state index contributed by atoms with van der Waals surface area (Å²) in [5, 5.41) is 5.01. The van der Waals surface area contributed by atoms with E-state index in [4.69, 9.17) is 16.2 Å². The zero-order valence-electron chi connectivity index (χ0n) is 11.7. The summed E-state index contributed by atoms with van der Waals surface area (Å²) in [6, 6.07) is 5.62. The first kappa shape index (κ1) is 15.8. The third kappa shape index (κ3) is 3.19. The van der Waals surface area contributed by atoms with Gasteiger partial charge in [-0.25, -0.2) is 4.79 Å². The van der Waals surface area contributed by atoms with Gasteiger partial charge in [0.1, 0.15) is 5.75 Å². The van der Waals surface area contributed by atoms with E-state index in [1.807, 2.05) is 6.92 Å². The molecule has 1 aromatic carbocycles. The van der Waals surface area contributed by atoms with E-state index in [0.717, 1.165) is 14.3 Å². The minimum atomic E-state index is -0.774. The Morgan fingerprint density at radius 3 is 2.64 bits per heavy atom.